The second kappa shape index (κ2) is 3.97. The summed E-state index contributed by atoms with van der Waals surface area (Å²) < 4.78 is 0. The summed E-state index contributed by atoms with van der Waals surface area (Å²) in [5, 5.41) is 3.26. The molecule has 0 radical (unpaired) electrons. The van der Waals surface area contributed by atoms with E-state index in [4.69, 9.17) is 0 Å². The second-order valence-corrected chi connectivity index (χ2v) is 4.05. The lowest BCUT2D eigenvalue weighted by atomic mass is 10.2. The Bertz CT molecular complexity index is 589. The molecule has 0 spiro atoms. The van der Waals surface area contributed by atoms with Gasteiger partial charge in [0.2, 0.25) is 0 Å². The van der Waals surface area contributed by atoms with Crippen molar-refractivity contribution < 1.29 is 0 Å². The van der Waals surface area contributed by atoms with Gasteiger partial charge in [-0.1, -0.05) is 6.07 Å². The van der Waals surface area contributed by atoms with Crippen molar-refractivity contribution in [2.45, 2.75) is 13.5 Å². The number of nitrogens with zero attached hydrogens (tertiary/aromatic N) is 3. The molecule has 0 saturated heterocycles. The molecule has 3 rings (SSSR count). The van der Waals surface area contributed by atoms with E-state index in [1.54, 1.807) is 12.4 Å². The fraction of sp³-hybridized carbons (Fsp3) is 0.154. The molecular weight excluding hydrogens is 212 g/mol. The number of pyridine rings is 2. The van der Waals surface area contributed by atoms with Crippen LogP contribution in [0.15, 0.2) is 41.8 Å². The molecule has 0 fully saturated rings. The number of anilines is 1. The van der Waals surface area contributed by atoms with Gasteiger partial charge in [0.1, 0.15) is 5.69 Å². The lowest BCUT2D eigenvalue weighted by Crippen LogP contribution is -2.13. The van der Waals surface area contributed by atoms with Crippen LogP contribution in [0.4, 0.5) is 5.69 Å². The minimum atomic E-state index is 0.699. The van der Waals surface area contributed by atoms with E-state index in [0.717, 1.165) is 28.3 Å². The molecule has 0 aliphatic carbocycles. The fourth-order valence-electron chi connectivity index (χ4n) is 1.88. The number of hydrogen-bond donors (Lipinski definition) is 1. The number of nitrogens with one attached hydrogen (secondary N) is 1. The predicted molar refractivity (Wildman–Crippen MR) is 67.1 cm³/mol. The zero-order valence-electron chi connectivity index (χ0n) is 9.51. The van der Waals surface area contributed by atoms with Crippen molar-refractivity contribution >= 4 is 11.5 Å². The monoisotopic (exact) mass is 224 g/mol. The molecule has 0 amide bonds. The van der Waals surface area contributed by atoms with E-state index in [1.807, 2.05) is 25.3 Å². The summed E-state index contributed by atoms with van der Waals surface area (Å²) in [5.41, 5.74) is 4.17. The molecule has 0 bridgehead atoms. The van der Waals surface area contributed by atoms with Crippen LogP contribution in [-0.4, -0.2) is 15.8 Å². The Morgan fingerprint density at radius 1 is 1.29 bits per heavy atom. The molecule has 2 aromatic rings. The van der Waals surface area contributed by atoms with Crippen molar-refractivity contribution in [2.75, 3.05) is 5.32 Å². The molecule has 2 aromatic heterocycles. The first-order valence-corrected chi connectivity index (χ1v) is 5.50. The predicted octanol–water partition coefficient (Wildman–Crippen LogP) is 2.16. The highest BCUT2D eigenvalue weighted by Crippen LogP contribution is 2.18. The van der Waals surface area contributed by atoms with Gasteiger partial charge in [0.05, 0.1) is 18.4 Å². The standard InChI is InChI=1S/C13H12N4/c1-9-5-11(8-14-6-9)17-13-12-10(7-16-13)3-2-4-15-12/h2-6,8H,7H2,1H3,(H,16,17). The van der Waals surface area contributed by atoms with Crippen LogP contribution in [0, 0.1) is 6.92 Å². The zero-order valence-corrected chi connectivity index (χ0v) is 9.51. The van der Waals surface area contributed by atoms with Crippen molar-refractivity contribution in [1.29, 1.82) is 0 Å². The molecule has 4 heteroatoms. The van der Waals surface area contributed by atoms with Gasteiger partial charge in [-0.25, -0.2) is 0 Å². The van der Waals surface area contributed by atoms with Crippen molar-refractivity contribution in [3.63, 3.8) is 0 Å². The van der Waals surface area contributed by atoms with Gasteiger partial charge in [-0.2, -0.15) is 0 Å². The highest BCUT2D eigenvalue weighted by atomic mass is 15.0. The molecule has 17 heavy (non-hydrogen) atoms. The zero-order chi connectivity index (χ0) is 11.7. The first-order valence-electron chi connectivity index (χ1n) is 5.50. The second-order valence-electron chi connectivity index (χ2n) is 4.05. The Kier molecular flexibility index (Phi) is 2.33. The number of hydrogen-bond acceptors (Lipinski definition) is 4. The molecule has 1 aliphatic rings. The average molecular weight is 224 g/mol. The normalized spacial score (nSPS) is 13.1. The molecule has 0 atom stereocenters. The molecular formula is C13H12N4. The summed E-state index contributed by atoms with van der Waals surface area (Å²) >= 11 is 0. The van der Waals surface area contributed by atoms with Crippen LogP contribution < -0.4 is 5.32 Å². The highest BCUT2D eigenvalue weighted by Gasteiger charge is 2.16. The van der Waals surface area contributed by atoms with E-state index in [-0.39, 0.29) is 0 Å². The van der Waals surface area contributed by atoms with Gasteiger partial charge in [-0.15, -0.1) is 0 Å². The van der Waals surface area contributed by atoms with Gasteiger partial charge in [0, 0.05) is 18.0 Å². The largest absolute Gasteiger partial charge is 0.337 e. The van der Waals surface area contributed by atoms with Crippen molar-refractivity contribution in [3.8, 4) is 0 Å². The third-order valence-electron chi connectivity index (χ3n) is 2.66. The average Bonchev–Trinajstić information content (AvgIpc) is 2.73. The number of rotatable bonds is 1. The molecule has 0 saturated carbocycles. The summed E-state index contributed by atoms with van der Waals surface area (Å²) in [6.07, 6.45) is 5.40. The molecule has 1 aliphatic heterocycles. The van der Waals surface area contributed by atoms with Crippen LogP contribution in [0.2, 0.25) is 0 Å². The highest BCUT2D eigenvalue weighted by molar-refractivity contribution is 6.09. The topological polar surface area (TPSA) is 50.2 Å². The van der Waals surface area contributed by atoms with E-state index in [1.165, 1.54) is 0 Å². The smallest absolute Gasteiger partial charge is 0.152 e. The molecule has 0 aromatic carbocycles. The SMILES string of the molecule is Cc1cncc(NC2=NCc3cccnc32)c1. The fourth-order valence-corrected chi connectivity index (χ4v) is 1.88. The number of aliphatic imine (C=N–C) groups is 1. The quantitative estimate of drug-likeness (QED) is 0.807. The van der Waals surface area contributed by atoms with Crippen molar-refractivity contribution in [2.24, 2.45) is 4.99 Å². The summed E-state index contributed by atoms with van der Waals surface area (Å²) in [4.78, 5) is 12.9. The lowest BCUT2D eigenvalue weighted by Gasteiger charge is -2.06. The van der Waals surface area contributed by atoms with E-state index in [9.17, 15) is 0 Å². The Morgan fingerprint density at radius 2 is 2.24 bits per heavy atom. The molecule has 0 unspecified atom stereocenters. The van der Waals surface area contributed by atoms with Crippen molar-refractivity contribution in [3.05, 3.63) is 53.6 Å². The van der Waals surface area contributed by atoms with E-state index < -0.39 is 0 Å². The van der Waals surface area contributed by atoms with Crippen LogP contribution in [0.5, 0.6) is 0 Å². The first kappa shape index (κ1) is 9.96. The van der Waals surface area contributed by atoms with Crippen LogP contribution in [0.1, 0.15) is 16.8 Å². The van der Waals surface area contributed by atoms with Crippen molar-refractivity contribution in [1.82, 2.24) is 9.97 Å². The number of aromatic nitrogens is 2. The number of fused-ring (bicyclic) bond motifs is 1. The summed E-state index contributed by atoms with van der Waals surface area (Å²) in [6, 6.07) is 6.02. The molecule has 4 nitrogen and oxygen atoms in total. The molecule has 3 heterocycles. The van der Waals surface area contributed by atoms with Gasteiger partial charge in [0.15, 0.2) is 5.84 Å². The third-order valence-corrected chi connectivity index (χ3v) is 2.66. The summed E-state index contributed by atoms with van der Waals surface area (Å²) in [7, 11) is 0. The summed E-state index contributed by atoms with van der Waals surface area (Å²) in [5.74, 6) is 0.827. The van der Waals surface area contributed by atoms with Crippen LogP contribution in [0.25, 0.3) is 0 Å². The molecule has 84 valence electrons. The third kappa shape index (κ3) is 1.89. The van der Waals surface area contributed by atoms with Gasteiger partial charge >= 0.3 is 0 Å². The Labute approximate surface area is 99.5 Å². The van der Waals surface area contributed by atoms with Crippen LogP contribution in [0.3, 0.4) is 0 Å². The van der Waals surface area contributed by atoms with Gasteiger partial charge in [-0.05, 0) is 24.6 Å². The number of amidine groups is 1. The van der Waals surface area contributed by atoms with E-state index in [2.05, 4.69) is 26.3 Å². The van der Waals surface area contributed by atoms with E-state index in [0.29, 0.717) is 6.54 Å². The lowest BCUT2D eigenvalue weighted by molar-refractivity contribution is 1.09. The Balaban J connectivity index is 1.89. The maximum atomic E-state index is 4.44. The maximum Gasteiger partial charge on any atom is 0.152 e. The maximum absolute atomic E-state index is 4.44. The molecule has 1 N–H and O–H groups in total. The van der Waals surface area contributed by atoms with Gasteiger partial charge in [-0.3, -0.25) is 15.0 Å². The first-order chi connectivity index (χ1) is 8.33. The van der Waals surface area contributed by atoms with Crippen LogP contribution in [-0.2, 0) is 6.54 Å². The minimum Gasteiger partial charge on any atom is -0.337 e. The van der Waals surface area contributed by atoms with Gasteiger partial charge < -0.3 is 5.32 Å². The number of aryl methyl sites for hydroxylation is 1. The van der Waals surface area contributed by atoms with E-state index >= 15 is 0 Å². The Morgan fingerprint density at radius 3 is 3.12 bits per heavy atom. The summed E-state index contributed by atoms with van der Waals surface area (Å²) in [6.45, 7) is 2.71. The minimum absolute atomic E-state index is 0.699. The van der Waals surface area contributed by atoms with Crippen LogP contribution >= 0.6 is 0 Å². The van der Waals surface area contributed by atoms with Gasteiger partial charge in [0.25, 0.3) is 0 Å². The Hall–Kier alpha value is -2.23.